The second kappa shape index (κ2) is 12.1. The Morgan fingerprint density at radius 1 is 1.25 bits per heavy atom. The van der Waals surface area contributed by atoms with Crippen LogP contribution in [-0.2, 0) is 25.8 Å². The maximum absolute atomic E-state index is 12.7. The SMILES string of the molecule is C=CN1C(=O)N(OCc2ccccc2)CC[C@H]1C(=O)NOCCCNC(=O)OC(C)(C)C. The lowest BCUT2D eigenvalue weighted by molar-refractivity contribution is -0.158. The molecule has 1 aromatic carbocycles. The fourth-order valence-corrected chi connectivity index (χ4v) is 2.88. The van der Waals surface area contributed by atoms with Crippen LogP contribution in [0.3, 0.4) is 0 Å². The Balaban J connectivity index is 1.70. The van der Waals surface area contributed by atoms with Crippen LogP contribution in [0.25, 0.3) is 0 Å². The molecule has 0 saturated carbocycles. The van der Waals surface area contributed by atoms with Crippen molar-refractivity contribution < 1.29 is 28.8 Å². The highest BCUT2D eigenvalue weighted by Gasteiger charge is 2.37. The minimum Gasteiger partial charge on any atom is -0.444 e. The molecule has 4 amide bonds. The molecule has 0 aromatic heterocycles. The number of alkyl carbamates (subject to hydrolysis) is 1. The Kier molecular flexibility index (Phi) is 9.48. The molecular formula is C22H32N4O6. The monoisotopic (exact) mass is 448 g/mol. The van der Waals surface area contributed by atoms with Crippen LogP contribution in [0.5, 0.6) is 0 Å². The van der Waals surface area contributed by atoms with E-state index in [0.717, 1.165) is 5.56 Å². The van der Waals surface area contributed by atoms with Gasteiger partial charge in [0.15, 0.2) is 0 Å². The van der Waals surface area contributed by atoms with Crippen molar-refractivity contribution in [1.29, 1.82) is 0 Å². The number of carbonyl (C=O) groups is 3. The molecule has 0 spiro atoms. The summed E-state index contributed by atoms with van der Waals surface area (Å²) in [5.41, 5.74) is 2.72. The van der Waals surface area contributed by atoms with Crippen LogP contribution in [0.2, 0.25) is 0 Å². The molecule has 1 aromatic rings. The number of nitrogens with one attached hydrogen (secondary N) is 2. The van der Waals surface area contributed by atoms with Crippen molar-refractivity contribution in [2.24, 2.45) is 0 Å². The van der Waals surface area contributed by atoms with E-state index in [4.69, 9.17) is 14.4 Å². The highest BCUT2D eigenvalue weighted by atomic mass is 16.7. The molecule has 0 bridgehead atoms. The highest BCUT2D eigenvalue weighted by Crippen LogP contribution is 2.18. The van der Waals surface area contributed by atoms with Gasteiger partial charge in [-0.3, -0.25) is 19.4 Å². The van der Waals surface area contributed by atoms with Gasteiger partial charge < -0.3 is 10.1 Å². The summed E-state index contributed by atoms with van der Waals surface area (Å²) in [6.45, 7) is 9.99. The van der Waals surface area contributed by atoms with Gasteiger partial charge in [0.2, 0.25) is 0 Å². The van der Waals surface area contributed by atoms with E-state index in [0.29, 0.717) is 19.4 Å². The van der Waals surface area contributed by atoms with E-state index in [-0.39, 0.29) is 19.8 Å². The van der Waals surface area contributed by atoms with Crippen molar-refractivity contribution in [3.8, 4) is 0 Å². The number of hydrogen-bond donors (Lipinski definition) is 2. The first-order valence-corrected chi connectivity index (χ1v) is 10.5. The van der Waals surface area contributed by atoms with Gasteiger partial charge >= 0.3 is 12.1 Å². The van der Waals surface area contributed by atoms with Gasteiger partial charge in [-0.15, -0.1) is 0 Å². The van der Waals surface area contributed by atoms with Gasteiger partial charge in [0, 0.05) is 12.7 Å². The molecule has 0 radical (unpaired) electrons. The van der Waals surface area contributed by atoms with Crippen molar-refractivity contribution in [3.05, 3.63) is 48.7 Å². The summed E-state index contributed by atoms with van der Waals surface area (Å²) in [6.07, 6.45) is 1.61. The average molecular weight is 449 g/mol. The minimum atomic E-state index is -0.753. The van der Waals surface area contributed by atoms with Gasteiger partial charge in [-0.1, -0.05) is 36.9 Å². The summed E-state index contributed by atoms with van der Waals surface area (Å²) in [7, 11) is 0. The molecule has 10 heteroatoms. The zero-order chi connectivity index (χ0) is 23.6. The average Bonchev–Trinajstić information content (AvgIpc) is 2.74. The van der Waals surface area contributed by atoms with E-state index in [1.807, 2.05) is 30.3 Å². The molecule has 0 unspecified atom stereocenters. The number of carbonyl (C=O) groups excluding carboxylic acids is 3. The summed E-state index contributed by atoms with van der Waals surface area (Å²) in [4.78, 5) is 48.7. The molecule has 32 heavy (non-hydrogen) atoms. The number of hydroxylamine groups is 3. The molecule has 1 aliphatic rings. The number of rotatable bonds is 10. The van der Waals surface area contributed by atoms with Crippen LogP contribution < -0.4 is 10.8 Å². The number of benzene rings is 1. The summed E-state index contributed by atoms with van der Waals surface area (Å²) < 4.78 is 5.13. The quantitative estimate of drug-likeness (QED) is 0.421. The van der Waals surface area contributed by atoms with E-state index in [2.05, 4.69) is 17.4 Å². The number of nitrogens with zero attached hydrogens (tertiary/aromatic N) is 2. The molecule has 2 rings (SSSR count). The third-order valence-electron chi connectivity index (χ3n) is 4.37. The fraction of sp³-hybridized carbons (Fsp3) is 0.500. The van der Waals surface area contributed by atoms with Gasteiger partial charge in [0.25, 0.3) is 5.91 Å². The Bertz CT molecular complexity index is 780. The normalized spacial score (nSPS) is 16.5. The summed E-state index contributed by atoms with van der Waals surface area (Å²) >= 11 is 0. The van der Waals surface area contributed by atoms with E-state index >= 15 is 0 Å². The molecule has 1 atom stereocenters. The molecule has 2 N–H and O–H groups in total. The maximum Gasteiger partial charge on any atom is 0.407 e. The standard InChI is InChI=1S/C22H32N4O6/c1-5-25-18(12-14-26(21(25)29)31-16-17-10-7-6-8-11-17)19(27)24-30-15-9-13-23-20(28)32-22(2,3)4/h5-8,10-11,18H,1,9,12-16H2,2-4H3,(H,23,28)(H,24,27)/t18-/m0/s1. The van der Waals surface area contributed by atoms with Gasteiger partial charge in [-0.2, -0.15) is 0 Å². The van der Waals surface area contributed by atoms with E-state index < -0.39 is 29.7 Å². The Labute approximate surface area is 188 Å². The smallest absolute Gasteiger partial charge is 0.407 e. The van der Waals surface area contributed by atoms with Crippen molar-refractivity contribution >= 4 is 18.0 Å². The first-order chi connectivity index (χ1) is 15.2. The second-order valence-electron chi connectivity index (χ2n) is 8.14. The number of amides is 4. The maximum atomic E-state index is 12.7. The van der Waals surface area contributed by atoms with Crippen LogP contribution in [0.4, 0.5) is 9.59 Å². The molecule has 1 fully saturated rings. The van der Waals surface area contributed by atoms with Crippen molar-refractivity contribution in [2.45, 2.75) is 51.9 Å². The number of hydrogen-bond acceptors (Lipinski definition) is 6. The van der Waals surface area contributed by atoms with E-state index in [1.54, 1.807) is 20.8 Å². The Morgan fingerprint density at radius 2 is 1.97 bits per heavy atom. The minimum absolute atomic E-state index is 0.183. The van der Waals surface area contributed by atoms with Crippen molar-refractivity contribution in [1.82, 2.24) is 20.8 Å². The molecule has 176 valence electrons. The summed E-state index contributed by atoms with van der Waals surface area (Å²) in [5.74, 6) is -0.457. The predicted octanol–water partition coefficient (Wildman–Crippen LogP) is 2.72. The van der Waals surface area contributed by atoms with Crippen molar-refractivity contribution in [3.63, 3.8) is 0 Å². The van der Waals surface area contributed by atoms with Crippen LogP contribution >= 0.6 is 0 Å². The molecular weight excluding hydrogens is 416 g/mol. The third-order valence-corrected chi connectivity index (χ3v) is 4.37. The summed E-state index contributed by atoms with van der Waals surface area (Å²) in [5, 5.41) is 3.83. The highest BCUT2D eigenvalue weighted by molar-refractivity contribution is 5.87. The van der Waals surface area contributed by atoms with Crippen molar-refractivity contribution in [2.75, 3.05) is 19.7 Å². The van der Waals surface area contributed by atoms with Crippen LogP contribution in [0, 0.1) is 0 Å². The van der Waals surface area contributed by atoms with Gasteiger partial charge in [-0.25, -0.2) is 20.1 Å². The number of ether oxygens (including phenoxy) is 1. The first kappa shape index (κ1) is 25.2. The number of urea groups is 1. The van der Waals surface area contributed by atoms with Crippen LogP contribution in [-0.4, -0.2) is 59.3 Å². The molecule has 10 nitrogen and oxygen atoms in total. The topological polar surface area (TPSA) is 109 Å². The van der Waals surface area contributed by atoms with E-state index in [1.165, 1.54) is 16.2 Å². The fourth-order valence-electron chi connectivity index (χ4n) is 2.88. The van der Waals surface area contributed by atoms with Gasteiger partial charge in [0.1, 0.15) is 18.2 Å². The third kappa shape index (κ3) is 8.20. The Morgan fingerprint density at radius 3 is 2.62 bits per heavy atom. The zero-order valence-electron chi connectivity index (χ0n) is 18.8. The Hall–Kier alpha value is -3.11. The molecule has 1 aliphatic heterocycles. The van der Waals surface area contributed by atoms with Gasteiger partial charge in [0.05, 0.1) is 13.2 Å². The van der Waals surface area contributed by atoms with Crippen LogP contribution in [0.15, 0.2) is 43.1 Å². The molecule has 1 saturated heterocycles. The molecule has 1 heterocycles. The first-order valence-electron chi connectivity index (χ1n) is 10.5. The van der Waals surface area contributed by atoms with Gasteiger partial charge in [-0.05, 0) is 39.2 Å². The predicted molar refractivity (Wildman–Crippen MR) is 117 cm³/mol. The lowest BCUT2D eigenvalue weighted by Gasteiger charge is -2.37. The second-order valence-corrected chi connectivity index (χ2v) is 8.14. The lowest BCUT2D eigenvalue weighted by atomic mass is 10.1. The lowest BCUT2D eigenvalue weighted by Crippen LogP contribution is -2.56. The molecule has 0 aliphatic carbocycles. The summed E-state index contributed by atoms with van der Waals surface area (Å²) in [6, 6.07) is 8.26. The van der Waals surface area contributed by atoms with Crippen LogP contribution in [0.1, 0.15) is 39.2 Å². The van der Waals surface area contributed by atoms with E-state index in [9.17, 15) is 14.4 Å². The zero-order valence-corrected chi connectivity index (χ0v) is 18.8. The largest absolute Gasteiger partial charge is 0.444 e.